The van der Waals surface area contributed by atoms with Gasteiger partial charge in [-0.2, -0.15) is 13.2 Å². The summed E-state index contributed by atoms with van der Waals surface area (Å²) in [4.78, 5) is 35.0. The molecule has 3 aromatic heterocycles. The highest BCUT2D eigenvalue weighted by atomic mass is 19.4. The van der Waals surface area contributed by atoms with Gasteiger partial charge in [0.15, 0.2) is 0 Å². The Morgan fingerprint density at radius 2 is 1.61 bits per heavy atom. The van der Waals surface area contributed by atoms with Gasteiger partial charge in [0.05, 0.1) is 28.6 Å². The highest BCUT2D eigenvalue weighted by molar-refractivity contribution is 6.07. The largest absolute Gasteiger partial charge is 0.416 e. The summed E-state index contributed by atoms with van der Waals surface area (Å²) in [5.41, 5.74) is 0.184. The maximum atomic E-state index is 13.4. The Labute approximate surface area is 203 Å². The minimum Gasteiger partial charge on any atom is -0.344 e. The first-order valence-corrected chi connectivity index (χ1v) is 11.1. The van der Waals surface area contributed by atoms with E-state index in [2.05, 4.69) is 15.3 Å². The van der Waals surface area contributed by atoms with Crippen molar-refractivity contribution in [2.45, 2.75) is 19.1 Å². The molecule has 1 amide bonds. The number of pyridine rings is 3. The molecular weight excluding hydrogens is 469 g/mol. The summed E-state index contributed by atoms with van der Waals surface area (Å²) in [6.07, 6.45) is -1.51. The van der Waals surface area contributed by atoms with Crippen LogP contribution in [0.4, 0.5) is 13.2 Å². The molecule has 6 nitrogen and oxygen atoms in total. The van der Waals surface area contributed by atoms with Crippen LogP contribution in [0.25, 0.3) is 27.5 Å². The average molecular weight is 488 g/mol. The fourth-order valence-electron chi connectivity index (χ4n) is 4.10. The van der Waals surface area contributed by atoms with Crippen molar-refractivity contribution in [1.29, 1.82) is 0 Å². The SMILES string of the molecule is C[C@H](NC(=O)c1cnc2c(c1)c1ccccc1c(=O)n2-c1ccc(C(F)(F)F)cc1)c1ccccn1. The zero-order chi connectivity index (χ0) is 25.4. The molecule has 36 heavy (non-hydrogen) atoms. The van der Waals surface area contributed by atoms with Gasteiger partial charge < -0.3 is 5.32 Å². The number of rotatable bonds is 4. The standard InChI is InChI=1S/C27H19F3N4O2/c1-16(23-8-4-5-13-31-23)33-25(35)17-14-22-20-6-2-3-7-21(20)26(36)34(24(22)32-15-17)19-11-9-18(10-12-19)27(28,29)30/h2-16H,1H3,(H,33,35)/t16-/m0/s1. The van der Waals surface area contributed by atoms with Crippen molar-refractivity contribution in [3.05, 3.63) is 112 Å². The van der Waals surface area contributed by atoms with Crippen LogP contribution >= 0.6 is 0 Å². The molecule has 0 saturated heterocycles. The van der Waals surface area contributed by atoms with E-state index >= 15 is 0 Å². The molecule has 1 atom stereocenters. The second kappa shape index (κ2) is 8.92. The Kier molecular flexibility index (Phi) is 5.75. The predicted molar refractivity (Wildman–Crippen MR) is 130 cm³/mol. The van der Waals surface area contributed by atoms with E-state index in [-0.39, 0.29) is 28.8 Å². The first-order chi connectivity index (χ1) is 17.2. The summed E-state index contributed by atoms with van der Waals surface area (Å²) in [6.45, 7) is 1.81. The van der Waals surface area contributed by atoms with Gasteiger partial charge in [0, 0.05) is 23.2 Å². The van der Waals surface area contributed by atoms with Crippen molar-refractivity contribution >= 4 is 27.7 Å². The van der Waals surface area contributed by atoms with Crippen molar-refractivity contribution < 1.29 is 18.0 Å². The van der Waals surface area contributed by atoms with Crippen molar-refractivity contribution in [1.82, 2.24) is 19.9 Å². The molecule has 180 valence electrons. The molecule has 0 aliphatic rings. The van der Waals surface area contributed by atoms with E-state index in [9.17, 15) is 22.8 Å². The van der Waals surface area contributed by atoms with Crippen LogP contribution in [-0.4, -0.2) is 20.4 Å². The number of carbonyl (C=O) groups excluding carboxylic acids is 1. The highest BCUT2D eigenvalue weighted by Gasteiger charge is 2.30. The molecule has 0 bridgehead atoms. The third kappa shape index (κ3) is 4.19. The number of carbonyl (C=O) groups is 1. The lowest BCUT2D eigenvalue weighted by Crippen LogP contribution is -2.27. The molecule has 0 spiro atoms. The quantitative estimate of drug-likeness (QED) is 0.342. The summed E-state index contributed by atoms with van der Waals surface area (Å²) in [7, 11) is 0. The Balaban J connectivity index is 1.63. The molecule has 0 radical (unpaired) electrons. The molecule has 9 heteroatoms. The predicted octanol–water partition coefficient (Wildman–Crippen LogP) is 5.44. The van der Waals surface area contributed by atoms with E-state index in [1.54, 1.807) is 48.7 Å². The lowest BCUT2D eigenvalue weighted by Gasteiger charge is -2.16. The van der Waals surface area contributed by atoms with Crippen LogP contribution in [0.5, 0.6) is 0 Å². The number of nitrogens with zero attached hydrogens (tertiary/aromatic N) is 3. The Hall–Kier alpha value is -4.53. The lowest BCUT2D eigenvalue weighted by atomic mass is 10.1. The topological polar surface area (TPSA) is 76.9 Å². The fourth-order valence-corrected chi connectivity index (χ4v) is 4.10. The fraction of sp³-hybridized carbons (Fsp3) is 0.111. The summed E-state index contributed by atoms with van der Waals surface area (Å²) in [5.74, 6) is -0.376. The van der Waals surface area contributed by atoms with Gasteiger partial charge in [-0.05, 0) is 60.8 Å². The molecule has 5 aromatic rings. The number of amides is 1. The highest BCUT2D eigenvalue weighted by Crippen LogP contribution is 2.30. The van der Waals surface area contributed by atoms with Crippen molar-refractivity contribution in [2.24, 2.45) is 0 Å². The zero-order valence-electron chi connectivity index (χ0n) is 19.0. The Bertz CT molecular complexity index is 1650. The van der Waals surface area contributed by atoms with E-state index in [4.69, 9.17) is 0 Å². The second-order valence-electron chi connectivity index (χ2n) is 8.28. The molecule has 5 rings (SSSR count). The maximum absolute atomic E-state index is 13.4. The van der Waals surface area contributed by atoms with Gasteiger partial charge in [-0.25, -0.2) is 4.98 Å². The lowest BCUT2D eigenvalue weighted by molar-refractivity contribution is -0.137. The molecule has 3 heterocycles. The Morgan fingerprint density at radius 1 is 0.917 bits per heavy atom. The van der Waals surface area contributed by atoms with Crippen molar-refractivity contribution in [3.63, 3.8) is 0 Å². The van der Waals surface area contributed by atoms with Crippen LogP contribution in [0, 0.1) is 0 Å². The molecule has 0 unspecified atom stereocenters. The number of hydrogen-bond acceptors (Lipinski definition) is 4. The van der Waals surface area contributed by atoms with Gasteiger partial charge in [0.2, 0.25) is 0 Å². The van der Waals surface area contributed by atoms with Crippen LogP contribution in [0.1, 0.15) is 34.6 Å². The molecule has 1 N–H and O–H groups in total. The summed E-state index contributed by atoms with van der Waals surface area (Å²) in [5, 5.41) is 4.34. The molecule has 0 saturated carbocycles. The summed E-state index contributed by atoms with van der Waals surface area (Å²) >= 11 is 0. The average Bonchev–Trinajstić information content (AvgIpc) is 2.89. The number of benzene rings is 2. The molecule has 0 aliphatic heterocycles. The van der Waals surface area contributed by atoms with E-state index < -0.39 is 17.3 Å². The number of halogens is 3. The monoisotopic (exact) mass is 488 g/mol. The summed E-state index contributed by atoms with van der Waals surface area (Å²) < 4.78 is 40.4. The van der Waals surface area contributed by atoms with Gasteiger partial charge in [-0.3, -0.25) is 19.1 Å². The third-order valence-corrected chi connectivity index (χ3v) is 5.92. The first-order valence-electron chi connectivity index (χ1n) is 11.1. The number of aromatic nitrogens is 3. The maximum Gasteiger partial charge on any atom is 0.416 e. The smallest absolute Gasteiger partial charge is 0.344 e. The van der Waals surface area contributed by atoms with E-state index in [1.165, 1.54) is 22.9 Å². The van der Waals surface area contributed by atoms with Gasteiger partial charge >= 0.3 is 6.18 Å². The van der Waals surface area contributed by atoms with Crippen LogP contribution in [0.3, 0.4) is 0 Å². The second-order valence-corrected chi connectivity index (χ2v) is 8.28. The molecule has 0 fully saturated rings. The summed E-state index contributed by atoms with van der Waals surface area (Å²) in [6, 6.07) is 17.8. The number of alkyl halides is 3. The Morgan fingerprint density at radius 3 is 2.28 bits per heavy atom. The van der Waals surface area contributed by atoms with E-state index in [0.717, 1.165) is 12.1 Å². The van der Waals surface area contributed by atoms with Gasteiger partial charge in [-0.1, -0.05) is 24.3 Å². The minimum atomic E-state index is -4.50. The van der Waals surface area contributed by atoms with Gasteiger partial charge in [-0.15, -0.1) is 0 Å². The zero-order valence-corrected chi connectivity index (χ0v) is 19.0. The molecular formula is C27H19F3N4O2. The third-order valence-electron chi connectivity index (χ3n) is 5.92. The number of hydrogen-bond donors (Lipinski definition) is 1. The van der Waals surface area contributed by atoms with Crippen molar-refractivity contribution in [3.8, 4) is 5.69 Å². The van der Waals surface area contributed by atoms with Crippen LogP contribution in [0.2, 0.25) is 0 Å². The molecule has 2 aromatic carbocycles. The van der Waals surface area contributed by atoms with Crippen LogP contribution < -0.4 is 10.9 Å². The minimum absolute atomic E-state index is 0.229. The van der Waals surface area contributed by atoms with E-state index in [1.807, 2.05) is 13.0 Å². The number of nitrogens with one attached hydrogen (secondary N) is 1. The van der Waals surface area contributed by atoms with Crippen molar-refractivity contribution in [2.75, 3.05) is 0 Å². The van der Waals surface area contributed by atoms with Gasteiger partial charge in [0.25, 0.3) is 11.5 Å². The normalized spacial score (nSPS) is 12.6. The van der Waals surface area contributed by atoms with E-state index in [0.29, 0.717) is 21.9 Å². The first kappa shape index (κ1) is 23.2. The van der Waals surface area contributed by atoms with Gasteiger partial charge in [0.1, 0.15) is 5.65 Å². The molecule has 0 aliphatic carbocycles. The number of fused-ring (bicyclic) bond motifs is 3. The van der Waals surface area contributed by atoms with Crippen LogP contribution in [-0.2, 0) is 6.18 Å². The van der Waals surface area contributed by atoms with Crippen LogP contribution in [0.15, 0.2) is 90.0 Å².